The van der Waals surface area contributed by atoms with Crippen molar-refractivity contribution < 1.29 is 0 Å². The highest BCUT2D eigenvalue weighted by molar-refractivity contribution is 5.48. The second-order valence-corrected chi connectivity index (χ2v) is 4.93. The second-order valence-electron chi connectivity index (χ2n) is 4.93. The summed E-state index contributed by atoms with van der Waals surface area (Å²) in [4.78, 5) is 0. The molecule has 0 spiro atoms. The molecule has 0 fully saturated rings. The second kappa shape index (κ2) is 4.73. The molecule has 2 rings (SSSR count). The van der Waals surface area contributed by atoms with Gasteiger partial charge in [-0.15, -0.1) is 0 Å². The van der Waals surface area contributed by atoms with Gasteiger partial charge in [-0.1, -0.05) is 38.1 Å². The highest BCUT2D eigenvalue weighted by Crippen LogP contribution is 2.35. The average molecular weight is 240 g/mol. The maximum absolute atomic E-state index is 5.75. The molecule has 0 bridgehead atoms. The molecule has 0 heterocycles. The van der Waals surface area contributed by atoms with E-state index in [4.69, 9.17) is 11.5 Å². The number of rotatable bonds is 3. The quantitative estimate of drug-likeness (QED) is 0.806. The van der Waals surface area contributed by atoms with Crippen LogP contribution in [0, 0.1) is 0 Å². The topological polar surface area (TPSA) is 52.0 Å². The van der Waals surface area contributed by atoms with Gasteiger partial charge in [0.15, 0.2) is 0 Å². The normalized spacial score (nSPS) is 11.4. The van der Waals surface area contributed by atoms with E-state index in [2.05, 4.69) is 38.1 Å². The fourth-order valence-corrected chi connectivity index (χ4v) is 2.28. The molecular weight excluding hydrogens is 220 g/mol. The van der Waals surface area contributed by atoms with Crippen molar-refractivity contribution in [1.29, 1.82) is 0 Å². The van der Waals surface area contributed by atoms with E-state index in [0.29, 0.717) is 0 Å². The van der Waals surface area contributed by atoms with E-state index in [0.717, 1.165) is 17.8 Å². The number of anilines is 2. The SMILES string of the molecule is CCC(C)(c1ccc(N)cc1)c1ccc(N)cc1. The van der Waals surface area contributed by atoms with E-state index in [1.807, 2.05) is 24.3 Å². The summed E-state index contributed by atoms with van der Waals surface area (Å²) >= 11 is 0. The zero-order valence-electron chi connectivity index (χ0n) is 11.0. The molecule has 0 aliphatic heterocycles. The fraction of sp³-hybridized carbons (Fsp3) is 0.250. The van der Waals surface area contributed by atoms with Crippen LogP contribution in [-0.2, 0) is 5.41 Å². The molecule has 0 amide bonds. The zero-order valence-corrected chi connectivity index (χ0v) is 11.0. The minimum Gasteiger partial charge on any atom is -0.399 e. The summed E-state index contributed by atoms with van der Waals surface area (Å²) in [5, 5.41) is 0. The van der Waals surface area contributed by atoms with Crippen LogP contribution in [0.5, 0.6) is 0 Å². The molecule has 2 heteroatoms. The van der Waals surface area contributed by atoms with Crippen molar-refractivity contribution in [3.8, 4) is 0 Å². The van der Waals surface area contributed by atoms with Crippen LogP contribution in [0.2, 0.25) is 0 Å². The molecule has 0 aromatic heterocycles. The van der Waals surface area contributed by atoms with Crippen LogP contribution >= 0.6 is 0 Å². The van der Waals surface area contributed by atoms with E-state index in [-0.39, 0.29) is 5.41 Å². The maximum Gasteiger partial charge on any atom is 0.0314 e. The van der Waals surface area contributed by atoms with Crippen LogP contribution in [0.15, 0.2) is 48.5 Å². The first-order valence-corrected chi connectivity index (χ1v) is 6.28. The molecule has 0 aliphatic rings. The van der Waals surface area contributed by atoms with Gasteiger partial charge in [-0.05, 0) is 41.8 Å². The first-order valence-electron chi connectivity index (χ1n) is 6.28. The first-order chi connectivity index (χ1) is 8.56. The van der Waals surface area contributed by atoms with Gasteiger partial charge in [-0.2, -0.15) is 0 Å². The Kier molecular flexibility index (Phi) is 3.28. The van der Waals surface area contributed by atoms with Crippen molar-refractivity contribution >= 4 is 11.4 Å². The lowest BCUT2D eigenvalue weighted by Crippen LogP contribution is -2.22. The third-order valence-corrected chi connectivity index (χ3v) is 3.80. The molecule has 2 nitrogen and oxygen atoms in total. The zero-order chi connectivity index (χ0) is 13.2. The Morgan fingerprint density at radius 2 is 1.11 bits per heavy atom. The highest BCUT2D eigenvalue weighted by Gasteiger charge is 2.26. The van der Waals surface area contributed by atoms with E-state index < -0.39 is 0 Å². The van der Waals surface area contributed by atoms with Gasteiger partial charge in [-0.25, -0.2) is 0 Å². The summed E-state index contributed by atoms with van der Waals surface area (Å²) in [6, 6.07) is 16.3. The van der Waals surface area contributed by atoms with Crippen molar-refractivity contribution in [3.63, 3.8) is 0 Å². The van der Waals surface area contributed by atoms with Crippen LogP contribution in [0.1, 0.15) is 31.4 Å². The molecule has 0 unspecified atom stereocenters. The summed E-state index contributed by atoms with van der Waals surface area (Å²) < 4.78 is 0. The van der Waals surface area contributed by atoms with Crippen LogP contribution in [0.3, 0.4) is 0 Å². The minimum absolute atomic E-state index is 0.00139. The van der Waals surface area contributed by atoms with Gasteiger partial charge in [-0.3, -0.25) is 0 Å². The van der Waals surface area contributed by atoms with Crippen LogP contribution in [0.25, 0.3) is 0 Å². The monoisotopic (exact) mass is 240 g/mol. The number of benzene rings is 2. The van der Waals surface area contributed by atoms with Crippen molar-refractivity contribution in [3.05, 3.63) is 59.7 Å². The van der Waals surface area contributed by atoms with Crippen molar-refractivity contribution in [1.82, 2.24) is 0 Å². The average Bonchev–Trinajstić information content (AvgIpc) is 2.39. The molecule has 2 aromatic carbocycles. The number of nitrogen functional groups attached to an aromatic ring is 2. The van der Waals surface area contributed by atoms with Gasteiger partial charge < -0.3 is 11.5 Å². The third kappa shape index (κ3) is 2.19. The Hall–Kier alpha value is -1.96. The largest absolute Gasteiger partial charge is 0.399 e. The maximum atomic E-state index is 5.75. The van der Waals surface area contributed by atoms with Gasteiger partial charge >= 0.3 is 0 Å². The number of hydrogen-bond acceptors (Lipinski definition) is 2. The van der Waals surface area contributed by atoms with E-state index in [1.165, 1.54) is 11.1 Å². The molecular formula is C16H20N2. The lowest BCUT2D eigenvalue weighted by atomic mass is 9.74. The fourth-order valence-electron chi connectivity index (χ4n) is 2.28. The minimum atomic E-state index is 0.00139. The van der Waals surface area contributed by atoms with Gasteiger partial charge in [0.25, 0.3) is 0 Å². The molecule has 18 heavy (non-hydrogen) atoms. The molecule has 0 saturated carbocycles. The Labute approximate surface area is 109 Å². The molecule has 0 saturated heterocycles. The summed E-state index contributed by atoms with van der Waals surface area (Å²) in [6.45, 7) is 4.46. The van der Waals surface area contributed by atoms with Crippen LogP contribution < -0.4 is 11.5 Å². The first kappa shape index (κ1) is 12.5. The molecule has 0 radical (unpaired) electrons. The van der Waals surface area contributed by atoms with Gasteiger partial charge in [0.1, 0.15) is 0 Å². The summed E-state index contributed by atoms with van der Waals surface area (Å²) in [5.74, 6) is 0. The Balaban J connectivity index is 2.47. The molecule has 0 atom stereocenters. The highest BCUT2D eigenvalue weighted by atomic mass is 14.5. The Morgan fingerprint density at radius 1 is 0.778 bits per heavy atom. The van der Waals surface area contributed by atoms with Crippen LogP contribution in [0.4, 0.5) is 11.4 Å². The van der Waals surface area contributed by atoms with Gasteiger partial charge in [0.05, 0.1) is 0 Å². The van der Waals surface area contributed by atoms with E-state index in [9.17, 15) is 0 Å². The molecule has 4 N–H and O–H groups in total. The lowest BCUT2D eigenvalue weighted by molar-refractivity contribution is 0.550. The smallest absolute Gasteiger partial charge is 0.0314 e. The standard InChI is InChI=1S/C16H20N2/c1-3-16(2,12-4-8-14(17)9-5-12)13-6-10-15(18)11-7-13/h4-11H,3,17-18H2,1-2H3. The summed E-state index contributed by atoms with van der Waals surface area (Å²) in [5.41, 5.74) is 15.7. The number of hydrogen-bond donors (Lipinski definition) is 2. The third-order valence-electron chi connectivity index (χ3n) is 3.80. The lowest BCUT2D eigenvalue weighted by Gasteiger charge is -2.30. The van der Waals surface area contributed by atoms with E-state index in [1.54, 1.807) is 0 Å². The molecule has 94 valence electrons. The summed E-state index contributed by atoms with van der Waals surface area (Å²) in [6.07, 6.45) is 1.03. The molecule has 0 aliphatic carbocycles. The van der Waals surface area contributed by atoms with Crippen molar-refractivity contribution in [2.75, 3.05) is 11.5 Å². The van der Waals surface area contributed by atoms with Crippen molar-refractivity contribution in [2.45, 2.75) is 25.7 Å². The van der Waals surface area contributed by atoms with Crippen LogP contribution in [-0.4, -0.2) is 0 Å². The van der Waals surface area contributed by atoms with Crippen molar-refractivity contribution in [2.24, 2.45) is 0 Å². The Morgan fingerprint density at radius 3 is 1.39 bits per heavy atom. The van der Waals surface area contributed by atoms with Gasteiger partial charge in [0, 0.05) is 16.8 Å². The van der Waals surface area contributed by atoms with Gasteiger partial charge in [0.2, 0.25) is 0 Å². The Bertz CT molecular complexity index is 466. The molecule has 2 aromatic rings. The predicted octanol–water partition coefficient (Wildman–Crippen LogP) is 3.57. The summed E-state index contributed by atoms with van der Waals surface area (Å²) in [7, 11) is 0. The van der Waals surface area contributed by atoms with E-state index >= 15 is 0 Å². The predicted molar refractivity (Wildman–Crippen MR) is 78.5 cm³/mol. The number of nitrogens with two attached hydrogens (primary N) is 2.